The number of hydrogen-bond acceptors (Lipinski definition) is 4. The van der Waals surface area contributed by atoms with E-state index in [1.165, 1.54) is 24.4 Å². The molecule has 0 spiro atoms. The van der Waals surface area contributed by atoms with Gasteiger partial charge in [-0.15, -0.1) is 0 Å². The molecule has 7 heteroatoms. The van der Waals surface area contributed by atoms with Gasteiger partial charge in [0.1, 0.15) is 5.82 Å². The van der Waals surface area contributed by atoms with Gasteiger partial charge in [0.2, 0.25) is 5.82 Å². The third-order valence-corrected chi connectivity index (χ3v) is 2.92. The molecule has 2 aromatic rings. The maximum atomic E-state index is 13.2. The van der Waals surface area contributed by atoms with Crippen LogP contribution in [0.1, 0.15) is 5.56 Å². The largest absolute Gasteiger partial charge is 0.334 e. The number of nitro groups is 1. The number of nitrogens with one attached hydrogen (secondary N) is 1. The second-order valence-electron chi connectivity index (χ2n) is 3.86. The van der Waals surface area contributed by atoms with Gasteiger partial charge >= 0.3 is 5.69 Å². The zero-order valence-electron chi connectivity index (χ0n) is 9.85. The number of anilines is 2. The van der Waals surface area contributed by atoms with Crippen LogP contribution in [-0.2, 0) is 0 Å². The van der Waals surface area contributed by atoms with Crippen LogP contribution in [0.15, 0.2) is 34.9 Å². The molecule has 1 heterocycles. The summed E-state index contributed by atoms with van der Waals surface area (Å²) in [6.07, 6.45) is 1.43. The first-order chi connectivity index (χ1) is 8.97. The first-order valence-electron chi connectivity index (χ1n) is 5.30. The Kier molecular flexibility index (Phi) is 3.75. The molecule has 0 radical (unpaired) electrons. The highest BCUT2D eigenvalue weighted by atomic mass is 79.9. The lowest BCUT2D eigenvalue weighted by atomic mass is 10.2. The van der Waals surface area contributed by atoms with Gasteiger partial charge in [-0.2, -0.15) is 0 Å². The molecule has 1 aromatic carbocycles. The summed E-state index contributed by atoms with van der Waals surface area (Å²) in [5, 5.41) is 13.7. The number of aromatic nitrogens is 1. The Morgan fingerprint density at radius 3 is 2.84 bits per heavy atom. The van der Waals surface area contributed by atoms with Gasteiger partial charge in [0, 0.05) is 22.4 Å². The molecule has 5 nitrogen and oxygen atoms in total. The summed E-state index contributed by atoms with van der Waals surface area (Å²) in [6.45, 7) is 1.77. The number of pyridine rings is 1. The first-order valence-corrected chi connectivity index (χ1v) is 6.10. The van der Waals surface area contributed by atoms with Gasteiger partial charge in [0.15, 0.2) is 0 Å². The summed E-state index contributed by atoms with van der Waals surface area (Å²) >= 11 is 3.12. The summed E-state index contributed by atoms with van der Waals surface area (Å²) in [4.78, 5) is 14.3. The van der Waals surface area contributed by atoms with Gasteiger partial charge in [-0.25, -0.2) is 9.37 Å². The Morgan fingerprint density at radius 1 is 1.42 bits per heavy atom. The molecule has 0 amide bonds. The zero-order chi connectivity index (χ0) is 14.0. The molecule has 0 saturated heterocycles. The Balaban J connectivity index is 2.43. The highest BCUT2D eigenvalue weighted by Crippen LogP contribution is 2.29. The minimum Gasteiger partial charge on any atom is -0.334 e. The maximum absolute atomic E-state index is 13.2. The molecule has 0 fully saturated rings. The van der Waals surface area contributed by atoms with Crippen LogP contribution in [0.2, 0.25) is 0 Å². The molecular weight excluding hydrogens is 317 g/mol. The first kappa shape index (κ1) is 13.4. The van der Waals surface area contributed by atoms with Crippen molar-refractivity contribution in [2.45, 2.75) is 6.92 Å². The normalized spacial score (nSPS) is 10.3. The molecule has 0 unspecified atom stereocenters. The van der Waals surface area contributed by atoms with E-state index < -0.39 is 10.7 Å². The van der Waals surface area contributed by atoms with Gasteiger partial charge in [-0.05, 0) is 40.5 Å². The van der Waals surface area contributed by atoms with Gasteiger partial charge in [-0.3, -0.25) is 10.1 Å². The maximum Gasteiger partial charge on any atom is 0.312 e. The number of nitrogens with zero attached hydrogens (tertiary/aromatic N) is 2. The third-order valence-electron chi connectivity index (χ3n) is 2.48. The van der Waals surface area contributed by atoms with Crippen LogP contribution < -0.4 is 5.32 Å². The van der Waals surface area contributed by atoms with E-state index in [4.69, 9.17) is 0 Å². The van der Waals surface area contributed by atoms with Crippen molar-refractivity contribution in [1.29, 1.82) is 0 Å². The van der Waals surface area contributed by atoms with E-state index in [1.807, 2.05) is 0 Å². The van der Waals surface area contributed by atoms with Crippen LogP contribution in [0.25, 0.3) is 0 Å². The average molecular weight is 326 g/mol. The topological polar surface area (TPSA) is 68.1 Å². The molecule has 2 rings (SSSR count). The third kappa shape index (κ3) is 3.05. The zero-order valence-corrected chi connectivity index (χ0v) is 11.4. The van der Waals surface area contributed by atoms with E-state index in [0.29, 0.717) is 10.2 Å². The lowest BCUT2D eigenvalue weighted by molar-refractivity contribution is -0.384. The van der Waals surface area contributed by atoms with Crippen LogP contribution in [0.5, 0.6) is 0 Å². The van der Waals surface area contributed by atoms with Crippen LogP contribution in [-0.4, -0.2) is 9.91 Å². The van der Waals surface area contributed by atoms with Crippen molar-refractivity contribution < 1.29 is 9.31 Å². The van der Waals surface area contributed by atoms with Crippen molar-refractivity contribution in [3.05, 3.63) is 56.4 Å². The van der Waals surface area contributed by atoms with Gasteiger partial charge in [-0.1, -0.05) is 6.07 Å². The van der Waals surface area contributed by atoms with Crippen LogP contribution in [0.3, 0.4) is 0 Å². The molecule has 0 saturated carbocycles. The molecule has 0 aliphatic carbocycles. The summed E-state index contributed by atoms with van der Waals surface area (Å²) < 4.78 is 13.7. The molecule has 1 N–H and O–H groups in total. The molecular formula is C12H9BrFN3O2. The van der Waals surface area contributed by atoms with Crippen LogP contribution >= 0.6 is 15.9 Å². The quantitative estimate of drug-likeness (QED) is 0.685. The highest BCUT2D eigenvalue weighted by Gasteiger charge is 2.16. The minimum absolute atomic E-state index is 0.0712. The SMILES string of the molecule is Cc1ccc(F)cc1Nc1ncc(Br)cc1[N+](=O)[O-]. The molecule has 98 valence electrons. The number of hydrogen-bond donors (Lipinski definition) is 1. The predicted octanol–water partition coefficient (Wildman–Crippen LogP) is 3.94. The van der Waals surface area contributed by atoms with Crippen molar-refractivity contribution in [2.24, 2.45) is 0 Å². The molecule has 0 aliphatic heterocycles. The Morgan fingerprint density at radius 2 is 2.16 bits per heavy atom. The summed E-state index contributed by atoms with van der Waals surface area (Å²) in [6, 6.07) is 5.51. The standard InChI is InChI=1S/C12H9BrFN3O2/c1-7-2-3-9(14)5-10(7)16-12-11(17(18)19)4-8(13)6-15-12/h2-6H,1H3,(H,15,16). The number of halogens is 2. The number of aryl methyl sites for hydroxylation is 1. The van der Waals surface area contributed by atoms with Crippen molar-refractivity contribution in [2.75, 3.05) is 5.32 Å². The van der Waals surface area contributed by atoms with Gasteiger partial charge < -0.3 is 5.32 Å². The van der Waals surface area contributed by atoms with Crippen molar-refractivity contribution >= 4 is 33.1 Å². The van der Waals surface area contributed by atoms with Gasteiger partial charge in [0.25, 0.3) is 0 Å². The fraction of sp³-hybridized carbons (Fsp3) is 0.0833. The Labute approximate surface area is 116 Å². The molecule has 19 heavy (non-hydrogen) atoms. The molecule has 0 bridgehead atoms. The van der Waals surface area contributed by atoms with Crippen molar-refractivity contribution in [1.82, 2.24) is 4.98 Å². The second-order valence-corrected chi connectivity index (χ2v) is 4.78. The summed E-state index contributed by atoms with van der Waals surface area (Å²) in [7, 11) is 0. The van der Waals surface area contributed by atoms with E-state index in [1.54, 1.807) is 13.0 Å². The molecule has 1 aromatic heterocycles. The van der Waals surface area contributed by atoms with E-state index in [-0.39, 0.29) is 11.5 Å². The second kappa shape index (κ2) is 5.31. The lowest BCUT2D eigenvalue weighted by Crippen LogP contribution is -2.01. The Bertz CT molecular complexity index is 649. The minimum atomic E-state index is -0.547. The van der Waals surface area contributed by atoms with E-state index in [9.17, 15) is 14.5 Å². The molecule has 0 aliphatic rings. The fourth-order valence-corrected chi connectivity index (χ4v) is 1.84. The Hall–Kier alpha value is -2.02. The smallest absolute Gasteiger partial charge is 0.312 e. The summed E-state index contributed by atoms with van der Waals surface area (Å²) in [5.74, 6) is -0.352. The fourth-order valence-electron chi connectivity index (χ4n) is 1.52. The average Bonchev–Trinajstić information content (AvgIpc) is 2.35. The lowest BCUT2D eigenvalue weighted by Gasteiger charge is -2.09. The van der Waals surface area contributed by atoms with Crippen molar-refractivity contribution in [3.63, 3.8) is 0 Å². The van der Waals surface area contributed by atoms with Crippen LogP contribution in [0.4, 0.5) is 21.6 Å². The predicted molar refractivity (Wildman–Crippen MR) is 73.0 cm³/mol. The van der Waals surface area contributed by atoms with Crippen molar-refractivity contribution in [3.8, 4) is 0 Å². The van der Waals surface area contributed by atoms with Crippen LogP contribution in [0, 0.1) is 22.9 Å². The summed E-state index contributed by atoms with van der Waals surface area (Å²) in [5.41, 5.74) is 1.02. The number of rotatable bonds is 3. The van der Waals surface area contributed by atoms with E-state index in [0.717, 1.165) is 5.56 Å². The number of benzene rings is 1. The molecule has 0 atom stereocenters. The van der Waals surface area contributed by atoms with E-state index >= 15 is 0 Å². The van der Waals surface area contributed by atoms with Gasteiger partial charge in [0.05, 0.1) is 4.92 Å². The highest BCUT2D eigenvalue weighted by molar-refractivity contribution is 9.10. The monoisotopic (exact) mass is 325 g/mol. The van der Waals surface area contributed by atoms with E-state index in [2.05, 4.69) is 26.2 Å².